The van der Waals surface area contributed by atoms with Crippen LogP contribution >= 0.6 is 0 Å². The van der Waals surface area contributed by atoms with Crippen molar-refractivity contribution >= 4 is 52.0 Å². The number of nitro groups is 1. The van der Waals surface area contributed by atoms with Gasteiger partial charge in [0.05, 0.1) is 79.1 Å². The number of fused-ring (bicyclic) bond motifs is 2. The van der Waals surface area contributed by atoms with E-state index >= 15 is 0 Å². The molecule has 3 aromatic rings. The summed E-state index contributed by atoms with van der Waals surface area (Å²) in [5, 5.41) is 42.5. The number of hydrogen-bond donors (Lipinski definition) is 2. The van der Waals surface area contributed by atoms with Gasteiger partial charge in [-0.2, -0.15) is 0 Å². The number of amides is 2. The monoisotopic (exact) mass is 873 g/mol. The van der Waals surface area contributed by atoms with Crippen molar-refractivity contribution in [2.24, 2.45) is 11.8 Å². The fraction of sp³-hybridized carbons (Fsp3) is 0.422. The molecule has 4 saturated heterocycles. The number of nitro benzene ring substituents is 1. The Bertz CT molecular complexity index is 2290. The average Bonchev–Trinajstić information content (AvgIpc) is 3.80. The summed E-state index contributed by atoms with van der Waals surface area (Å²) in [4.78, 5) is 67.6. The number of β-lactam (4-membered cyclic amide) rings is 2. The molecule has 2 amide bonds. The smallest absolute Gasteiger partial charge is 0.543 e. The summed E-state index contributed by atoms with van der Waals surface area (Å²) >= 11 is 0. The first-order valence-electron chi connectivity index (χ1n) is 20.8. The maximum Gasteiger partial charge on any atom is 1.00 e. The van der Waals surface area contributed by atoms with Crippen LogP contribution in [0.1, 0.15) is 43.4 Å². The van der Waals surface area contributed by atoms with E-state index in [0.717, 1.165) is 48.7 Å². The zero-order valence-corrected chi connectivity index (χ0v) is 37.4. The number of nitrogens with zero attached hydrogens (tertiary/aromatic N) is 5. The van der Waals surface area contributed by atoms with Crippen LogP contribution in [-0.4, -0.2) is 126 Å². The van der Waals surface area contributed by atoms with Gasteiger partial charge in [-0.1, -0.05) is 24.3 Å². The normalized spacial score (nSPS) is 23.7. The van der Waals surface area contributed by atoms with Gasteiger partial charge in [0, 0.05) is 49.7 Å². The number of non-ortho nitro benzene ring substituents is 1. The van der Waals surface area contributed by atoms with E-state index in [9.17, 15) is 44.6 Å². The van der Waals surface area contributed by atoms with Crippen molar-refractivity contribution in [2.75, 3.05) is 62.4 Å². The quantitative estimate of drug-likeness (QED) is 0.0786. The van der Waals surface area contributed by atoms with Gasteiger partial charge in [-0.05, 0) is 90.9 Å². The Morgan fingerprint density at radius 2 is 1.13 bits per heavy atom. The van der Waals surface area contributed by atoms with Gasteiger partial charge in [0.25, 0.3) is 5.69 Å². The van der Waals surface area contributed by atoms with Crippen LogP contribution in [0.5, 0.6) is 0 Å². The first-order valence-corrected chi connectivity index (χ1v) is 20.8. The first kappa shape index (κ1) is 45.9. The summed E-state index contributed by atoms with van der Waals surface area (Å²) in [5.74, 6) is -3.74. The van der Waals surface area contributed by atoms with E-state index in [1.165, 1.54) is 34.1 Å². The second-order valence-corrected chi connectivity index (χ2v) is 16.2. The molecule has 6 aliphatic rings. The third-order valence-corrected chi connectivity index (χ3v) is 12.5. The number of carboxylic acid groups (broad SMARTS) is 1. The minimum absolute atomic E-state index is 0. The standard InChI is InChI=1S/C26H27N3O7.C19H22N2O5.Na/c1-16(30)23-22-14-21(18-4-8-19(9-5-18)27-10-12-35-13-11-27)24(28(22)25(23)31)26(32)36-15-17-2-6-20(7-3-17)29(33)34;1-11(22)16-15-10-14(17(19(24)25)21(15)18(16)23)12-2-4-13(5-3-12)20-6-8-26-9-7-20;/h2-9,16,22-23,30H,10-15H2,1H3;2-5,11,15-16,22H,6-10H2,1H3,(H,24,25);/q;;+1/p-1/t16-,22-,23-;11-,15-,16-;/m11./s1. The van der Waals surface area contributed by atoms with Crippen LogP contribution in [0, 0.1) is 22.0 Å². The molecular weight excluding hydrogens is 826 g/mol. The van der Waals surface area contributed by atoms with E-state index in [2.05, 4.69) is 9.80 Å². The molecular formula is C45H48N5NaO12. The molecule has 9 rings (SSSR count). The SMILES string of the molecule is C[C@@H](O)[C@H]1C(=O)N2C(C(=O)OCc3ccc([N+](=O)[O-])cc3)=C(c3ccc(N4CCOCC4)cc3)C[C@H]12.C[C@@H](O)[C@H]1C(=O)N2C(C(=O)[O-])=C(c3ccc(N4CCOCC4)cc3)C[C@H]12.[Na+]. The number of morpholine rings is 2. The van der Waals surface area contributed by atoms with Gasteiger partial charge >= 0.3 is 35.5 Å². The zero-order valence-electron chi connectivity index (χ0n) is 35.4. The molecule has 17 nitrogen and oxygen atoms in total. The molecule has 326 valence electrons. The Balaban J connectivity index is 0.000000195. The molecule has 6 atom stereocenters. The second kappa shape index (κ2) is 19.3. The van der Waals surface area contributed by atoms with Crippen molar-refractivity contribution in [1.29, 1.82) is 0 Å². The molecule has 2 N–H and O–H groups in total. The van der Waals surface area contributed by atoms with E-state index in [1.807, 2.05) is 48.5 Å². The van der Waals surface area contributed by atoms with Crippen molar-refractivity contribution in [2.45, 2.75) is 57.6 Å². The van der Waals surface area contributed by atoms with Gasteiger partial charge in [0.15, 0.2) is 0 Å². The number of aliphatic hydroxyl groups is 2. The van der Waals surface area contributed by atoms with Crippen LogP contribution in [-0.2, 0) is 40.0 Å². The Morgan fingerprint density at radius 3 is 1.52 bits per heavy atom. The Hall–Kier alpha value is -5.14. The molecule has 0 unspecified atom stereocenters. The Kier molecular flexibility index (Phi) is 14.1. The number of carboxylic acids is 1. The Labute approximate surface area is 385 Å². The number of aliphatic carboxylic acids is 1. The fourth-order valence-corrected chi connectivity index (χ4v) is 9.35. The van der Waals surface area contributed by atoms with E-state index < -0.39 is 40.9 Å². The minimum atomic E-state index is -1.35. The fourth-order valence-electron chi connectivity index (χ4n) is 9.35. The summed E-state index contributed by atoms with van der Waals surface area (Å²) in [7, 11) is 0. The van der Waals surface area contributed by atoms with Gasteiger partial charge in [-0.25, -0.2) is 4.79 Å². The van der Waals surface area contributed by atoms with E-state index in [-0.39, 0.29) is 77.1 Å². The summed E-state index contributed by atoms with van der Waals surface area (Å²) in [6.07, 6.45) is -0.754. The van der Waals surface area contributed by atoms with Gasteiger partial charge in [0.1, 0.15) is 12.3 Å². The molecule has 4 fully saturated rings. The minimum Gasteiger partial charge on any atom is -0.543 e. The molecule has 0 saturated carbocycles. The molecule has 6 aliphatic heterocycles. The summed E-state index contributed by atoms with van der Waals surface area (Å²) in [5.41, 5.74) is 5.70. The number of esters is 1. The molecule has 0 bridgehead atoms. The Morgan fingerprint density at radius 1 is 0.714 bits per heavy atom. The average molecular weight is 874 g/mol. The predicted octanol–water partition coefficient (Wildman–Crippen LogP) is -0.903. The number of hydrogen-bond acceptors (Lipinski definition) is 14. The van der Waals surface area contributed by atoms with Gasteiger partial charge in [-0.3, -0.25) is 19.7 Å². The predicted molar refractivity (Wildman–Crippen MR) is 222 cm³/mol. The molecule has 0 spiro atoms. The largest absolute Gasteiger partial charge is 1.00 e. The summed E-state index contributed by atoms with van der Waals surface area (Å²) in [6.45, 7) is 9.08. The topological polar surface area (TPSA) is 216 Å². The van der Waals surface area contributed by atoms with Gasteiger partial charge < -0.3 is 53.9 Å². The molecule has 0 aromatic heterocycles. The van der Waals surface area contributed by atoms with Crippen LogP contribution < -0.4 is 44.5 Å². The third kappa shape index (κ3) is 9.00. The van der Waals surface area contributed by atoms with Crippen molar-refractivity contribution in [1.82, 2.24) is 9.80 Å². The molecule has 3 aromatic carbocycles. The number of anilines is 2. The third-order valence-electron chi connectivity index (χ3n) is 12.5. The summed E-state index contributed by atoms with van der Waals surface area (Å²) < 4.78 is 16.3. The van der Waals surface area contributed by atoms with Gasteiger partial charge in [-0.15, -0.1) is 0 Å². The number of carbonyl (C=O) groups excluding carboxylic acids is 4. The maximum atomic E-state index is 13.2. The van der Waals surface area contributed by atoms with Crippen LogP contribution in [0.2, 0.25) is 0 Å². The first-order chi connectivity index (χ1) is 29.8. The molecule has 6 heterocycles. The molecule has 63 heavy (non-hydrogen) atoms. The number of carbonyl (C=O) groups is 4. The van der Waals surface area contributed by atoms with E-state index in [0.29, 0.717) is 56.0 Å². The van der Waals surface area contributed by atoms with E-state index in [1.54, 1.807) is 13.8 Å². The second-order valence-electron chi connectivity index (χ2n) is 16.2. The van der Waals surface area contributed by atoms with Crippen LogP contribution in [0.4, 0.5) is 17.1 Å². The van der Waals surface area contributed by atoms with Crippen molar-refractivity contribution < 1.29 is 83.2 Å². The van der Waals surface area contributed by atoms with Crippen LogP contribution in [0.3, 0.4) is 0 Å². The van der Waals surface area contributed by atoms with Crippen LogP contribution in [0.25, 0.3) is 11.1 Å². The number of ether oxygens (including phenoxy) is 3. The molecule has 0 aliphatic carbocycles. The number of benzene rings is 3. The van der Waals surface area contributed by atoms with E-state index in [4.69, 9.17) is 14.2 Å². The molecule has 0 radical (unpaired) electrons. The van der Waals surface area contributed by atoms with Crippen molar-refractivity contribution in [3.63, 3.8) is 0 Å². The molecule has 18 heteroatoms. The van der Waals surface area contributed by atoms with Crippen LogP contribution in [0.15, 0.2) is 84.2 Å². The van der Waals surface area contributed by atoms with Crippen molar-refractivity contribution in [3.05, 3.63) is 111 Å². The zero-order chi connectivity index (χ0) is 43.8. The number of rotatable bonds is 11. The van der Waals surface area contributed by atoms with Crippen molar-refractivity contribution in [3.8, 4) is 0 Å². The number of aliphatic hydroxyl groups excluding tert-OH is 2. The maximum absolute atomic E-state index is 13.2. The van der Waals surface area contributed by atoms with Gasteiger partial charge in [0.2, 0.25) is 11.8 Å². The summed E-state index contributed by atoms with van der Waals surface area (Å²) in [6, 6.07) is 20.7.